The summed E-state index contributed by atoms with van der Waals surface area (Å²) in [6.45, 7) is 2.95. The molecule has 116 valence electrons. The van der Waals surface area contributed by atoms with E-state index in [4.69, 9.17) is 0 Å². The van der Waals surface area contributed by atoms with Gasteiger partial charge in [-0.1, -0.05) is 60.7 Å². The molecule has 1 heterocycles. The summed E-state index contributed by atoms with van der Waals surface area (Å²) < 4.78 is 0. The maximum absolute atomic E-state index is 12.6. The first-order valence-corrected chi connectivity index (χ1v) is 7.40. The van der Waals surface area contributed by atoms with E-state index in [1.807, 2.05) is 41.3 Å². The van der Waals surface area contributed by atoms with E-state index < -0.39 is 0 Å². The Morgan fingerprint density at radius 1 is 0.909 bits per heavy atom. The van der Waals surface area contributed by atoms with Crippen LogP contribution in [0.1, 0.15) is 11.1 Å². The fraction of sp³-hybridized carbons (Fsp3) is 0.278. The molecule has 0 aromatic heterocycles. The van der Waals surface area contributed by atoms with E-state index in [9.17, 15) is 4.79 Å². The highest BCUT2D eigenvalue weighted by molar-refractivity contribution is 5.85. The van der Waals surface area contributed by atoms with Crippen molar-refractivity contribution in [3.63, 3.8) is 0 Å². The summed E-state index contributed by atoms with van der Waals surface area (Å²) in [7, 11) is 0. The Balaban J connectivity index is 0.00000176. The summed E-state index contributed by atoms with van der Waals surface area (Å²) in [5, 5.41) is 3.18. The minimum absolute atomic E-state index is 0. The lowest BCUT2D eigenvalue weighted by Crippen LogP contribution is -2.51. The molecule has 2 aromatic rings. The van der Waals surface area contributed by atoms with Crippen molar-refractivity contribution in [3.8, 4) is 0 Å². The van der Waals surface area contributed by atoms with E-state index >= 15 is 0 Å². The number of hydrogen-bond acceptors (Lipinski definition) is 2. The van der Waals surface area contributed by atoms with Crippen molar-refractivity contribution >= 4 is 18.3 Å². The molecule has 3 rings (SSSR count). The van der Waals surface area contributed by atoms with E-state index in [0.717, 1.165) is 13.1 Å². The third-order valence-electron chi connectivity index (χ3n) is 3.87. The van der Waals surface area contributed by atoms with Gasteiger partial charge in [-0.15, -0.1) is 12.4 Å². The first kappa shape index (κ1) is 16.5. The number of benzene rings is 2. The second-order valence-electron chi connectivity index (χ2n) is 5.52. The number of nitrogens with one attached hydrogen (secondary N) is 1. The molecule has 1 N–H and O–H groups in total. The molecule has 0 atom stereocenters. The Morgan fingerprint density at radius 3 is 1.73 bits per heavy atom. The molecule has 4 heteroatoms. The van der Waals surface area contributed by atoms with E-state index in [0.29, 0.717) is 13.1 Å². The van der Waals surface area contributed by atoms with Crippen LogP contribution in [0.25, 0.3) is 0 Å². The lowest BCUT2D eigenvalue weighted by Gasteiger charge is -2.32. The largest absolute Gasteiger partial charge is 0.334 e. The van der Waals surface area contributed by atoms with Gasteiger partial charge < -0.3 is 10.2 Å². The highest BCUT2D eigenvalue weighted by atomic mass is 35.5. The lowest BCUT2D eigenvalue weighted by atomic mass is 10.0. The molecule has 0 aliphatic carbocycles. The van der Waals surface area contributed by atoms with Gasteiger partial charge in [0.1, 0.15) is 0 Å². The van der Waals surface area contributed by atoms with Gasteiger partial charge in [-0.25, -0.2) is 0 Å². The number of carbonyl (C=O) groups is 1. The van der Waals surface area contributed by atoms with Crippen molar-refractivity contribution in [3.05, 3.63) is 71.8 Å². The number of rotatable bonds is 5. The molecule has 1 aliphatic rings. The second-order valence-corrected chi connectivity index (χ2v) is 5.52. The zero-order valence-electron chi connectivity index (χ0n) is 12.4. The number of halogens is 1. The van der Waals surface area contributed by atoms with Gasteiger partial charge >= 0.3 is 0 Å². The molecule has 0 bridgehead atoms. The zero-order valence-corrected chi connectivity index (χ0v) is 13.3. The Labute approximate surface area is 137 Å². The minimum Gasteiger partial charge on any atom is -0.334 e. The maximum atomic E-state index is 12.6. The Bertz CT molecular complexity index is 543. The molecule has 0 saturated carbocycles. The van der Waals surface area contributed by atoms with Gasteiger partial charge in [0.15, 0.2) is 0 Å². The average molecular weight is 317 g/mol. The van der Waals surface area contributed by atoms with Gasteiger partial charge in [-0.05, 0) is 11.1 Å². The van der Waals surface area contributed by atoms with Crippen molar-refractivity contribution in [2.24, 2.45) is 5.92 Å². The summed E-state index contributed by atoms with van der Waals surface area (Å²) in [4.78, 5) is 14.6. The van der Waals surface area contributed by atoms with Crippen molar-refractivity contribution in [1.82, 2.24) is 10.2 Å². The third kappa shape index (κ3) is 4.09. The molecule has 1 amide bonds. The Morgan fingerprint density at radius 2 is 1.36 bits per heavy atom. The molecular formula is C18H21ClN2O. The average Bonchev–Trinajstić information content (AvgIpc) is 2.47. The number of nitrogens with zero attached hydrogens (tertiary/aromatic N) is 1. The van der Waals surface area contributed by atoms with Gasteiger partial charge in [0.25, 0.3) is 0 Å². The molecule has 22 heavy (non-hydrogen) atoms. The Kier molecular flexibility index (Phi) is 5.99. The van der Waals surface area contributed by atoms with E-state index in [1.165, 1.54) is 11.1 Å². The van der Waals surface area contributed by atoms with Crippen LogP contribution in [0.5, 0.6) is 0 Å². The van der Waals surface area contributed by atoms with Crippen molar-refractivity contribution < 1.29 is 4.79 Å². The van der Waals surface area contributed by atoms with Crippen LogP contribution in [0, 0.1) is 5.92 Å². The van der Waals surface area contributed by atoms with E-state index in [-0.39, 0.29) is 24.2 Å². The van der Waals surface area contributed by atoms with Gasteiger partial charge in [-0.2, -0.15) is 0 Å². The van der Waals surface area contributed by atoms with Gasteiger partial charge in [-0.3, -0.25) is 4.79 Å². The molecule has 3 nitrogen and oxygen atoms in total. The van der Waals surface area contributed by atoms with Crippen molar-refractivity contribution in [2.75, 3.05) is 13.1 Å². The van der Waals surface area contributed by atoms with Crippen LogP contribution >= 0.6 is 12.4 Å². The predicted molar refractivity (Wildman–Crippen MR) is 90.7 cm³/mol. The molecule has 2 aromatic carbocycles. The second kappa shape index (κ2) is 7.97. The first-order valence-electron chi connectivity index (χ1n) is 7.40. The maximum Gasteiger partial charge on any atom is 0.228 e. The normalized spacial score (nSPS) is 13.8. The fourth-order valence-corrected chi connectivity index (χ4v) is 2.54. The van der Waals surface area contributed by atoms with Crippen LogP contribution in [0.15, 0.2) is 60.7 Å². The number of carbonyl (C=O) groups excluding carboxylic acids is 1. The quantitative estimate of drug-likeness (QED) is 0.920. The van der Waals surface area contributed by atoms with Gasteiger partial charge in [0.05, 0.1) is 5.92 Å². The van der Waals surface area contributed by atoms with Crippen LogP contribution in [0.3, 0.4) is 0 Å². The van der Waals surface area contributed by atoms with Gasteiger partial charge in [0, 0.05) is 26.2 Å². The minimum atomic E-state index is 0. The first-order chi connectivity index (χ1) is 10.3. The van der Waals surface area contributed by atoms with Crippen LogP contribution in [-0.2, 0) is 17.9 Å². The predicted octanol–water partition coefficient (Wildman–Crippen LogP) is 2.86. The number of amides is 1. The fourth-order valence-electron chi connectivity index (χ4n) is 2.54. The van der Waals surface area contributed by atoms with Gasteiger partial charge in [0.2, 0.25) is 5.91 Å². The van der Waals surface area contributed by atoms with Crippen LogP contribution < -0.4 is 5.32 Å². The van der Waals surface area contributed by atoms with Crippen molar-refractivity contribution in [2.45, 2.75) is 13.1 Å². The molecule has 0 radical (unpaired) electrons. The molecule has 0 spiro atoms. The van der Waals surface area contributed by atoms with Crippen LogP contribution in [-0.4, -0.2) is 23.9 Å². The number of hydrogen-bond donors (Lipinski definition) is 1. The van der Waals surface area contributed by atoms with Crippen molar-refractivity contribution in [1.29, 1.82) is 0 Å². The summed E-state index contributed by atoms with van der Waals surface area (Å²) in [6.07, 6.45) is 0. The highest BCUT2D eigenvalue weighted by Gasteiger charge is 2.29. The van der Waals surface area contributed by atoms with Crippen LogP contribution in [0.4, 0.5) is 0 Å². The van der Waals surface area contributed by atoms with E-state index in [1.54, 1.807) is 0 Å². The lowest BCUT2D eigenvalue weighted by molar-refractivity contribution is -0.138. The summed E-state index contributed by atoms with van der Waals surface area (Å²) in [5.74, 6) is 0.388. The monoisotopic (exact) mass is 316 g/mol. The van der Waals surface area contributed by atoms with E-state index in [2.05, 4.69) is 29.6 Å². The standard InChI is InChI=1S/C18H20N2O.ClH/c21-18(17-11-19-12-17)20(13-15-7-3-1-4-8-15)14-16-9-5-2-6-10-16;/h1-10,17,19H,11-14H2;1H. The Hall–Kier alpha value is -1.84. The summed E-state index contributed by atoms with van der Waals surface area (Å²) in [5.41, 5.74) is 2.35. The SMILES string of the molecule is Cl.O=C(C1CNC1)N(Cc1ccccc1)Cc1ccccc1. The zero-order chi connectivity index (χ0) is 14.5. The molecule has 1 saturated heterocycles. The molecule has 1 fully saturated rings. The third-order valence-corrected chi connectivity index (χ3v) is 3.87. The highest BCUT2D eigenvalue weighted by Crippen LogP contribution is 2.15. The topological polar surface area (TPSA) is 32.3 Å². The van der Waals surface area contributed by atoms with Crippen LogP contribution in [0.2, 0.25) is 0 Å². The smallest absolute Gasteiger partial charge is 0.228 e. The molecular weight excluding hydrogens is 296 g/mol. The molecule has 1 aliphatic heterocycles. The summed E-state index contributed by atoms with van der Waals surface area (Å²) in [6, 6.07) is 20.4. The molecule has 0 unspecified atom stereocenters. The summed E-state index contributed by atoms with van der Waals surface area (Å²) >= 11 is 0.